The van der Waals surface area contributed by atoms with E-state index in [1.54, 1.807) is 0 Å². The third kappa shape index (κ3) is 10.6. The number of amides is 2. The maximum absolute atomic E-state index is 13.2. The SMILES string of the molecule is CCCCCCCCS(=O)(=O)N[C@@H](CC1CCCCC1)C(=O)N[C@@H](C[C@@H]1CCNC1=O)C(=O)S. The monoisotopic (exact) mass is 517 g/mol. The molecule has 8 nitrogen and oxygen atoms in total. The average molecular weight is 518 g/mol. The van der Waals surface area contributed by atoms with Gasteiger partial charge < -0.3 is 10.6 Å². The lowest BCUT2D eigenvalue weighted by Gasteiger charge is -2.28. The van der Waals surface area contributed by atoms with Gasteiger partial charge in [0, 0.05) is 12.5 Å². The summed E-state index contributed by atoms with van der Waals surface area (Å²) in [5.74, 6) is -0.741. The summed E-state index contributed by atoms with van der Waals surface area (Å²) in [4.78, 5) is 37.2. The first-order valence-corrected chi connectivity index (χ1v) is 15.1. The van der Waals surface area contributed by atoms with Gasteiger partial charge in [-0.05, 0) is 31.6 Å². The number of carbonyl (C=O) groups is 3. The number of hydrogen-bond acceptors (Lipinski definition) is 5. The summed E-state index contributed by atoms with van der Waals surface area (Å²) in [5, 5.41) is 4.90. The Bertz CT molecular complexity index is 769. The van der Waals surface area contributed by atoms with Crippen LogP contribution in [0.2, 0.25) is 0 Å². The molecular weight excluding hydrogens is 474 g/mol. The molecule has 3 atom stereocenters. The molecule has 196 valence electrons. The minimum absolute atomic E-state index is 0.00918. The lowest BCUT2D eigenvalue weighted by Crippen LogP contribution is -2.52. The Morgan fingerprint density at radius 1 is 1.00 bits per heavy atom. The van der Waals surface area contributed by atoms with Crippen molar-refractivity contribution in [2.75, 3.05) is 12.3 Å². The van der Waals surface area contributed by atoms with E-state index in [0.717, 1.165) is 64.2 Å². The molecule has 1 aliphatic carbocycles. The zero-order valence-electron chi connectivity index (χ0n) is 20.5. The molecule has 0 aromatic carbocycles. The van der Waals surface area contributed by atoms with Gasteiger partial charge in [-0.1, -0.05) is 71.1 Å². The van der Waals surface area contributed by atoms with Gasteiger partial charge >= 0.3 is 0 Å². The van der Waals surface area contributed by atoms with Crippen LogP contribution in [0.4, 0.5) is 0 Å². The highest BCUT2D eigenvalue weighted by Gasteiger charge is 2.33. The van der Waals surface area contributed by atoms with E-state index in [0.29, 0.717) is 25.8 Å². The van der Waals surface area contributed by atoms with Crippen LogP contribution in [0.15, 0.2) is 0 Å². The molecule has 0 radical (unpaired) electrons. The molecule has 0 aromatic rings. The number of nitrogens with one attached hydrogen (secondary N) is 3. The number of sulfonamides is 1. The van der Waals surface area contributed by atoms with Gasteiger partial charge in [0.2, 0.25) is 27.0 Å². The Morgan fingerprint density at radius 2 is 1.68 bits per heavy atom. The van der Waals surface area contributed by atoms with E-state index in [1.807, 2.05) is 0 Å². The smallest absolute Gasteiger partial charge is 0.238 e. The fraction of sp³-hybridized carbons (Fsp3) is 0.875. The first-order valence-electron chi connectivity index (χ1n) is 13.0. The Balaban J connectivity index is 2.00. The third-order valence-corrected chi connectivity index (χ3v) is 8.78. The van der Waals surface area contributed by atoms with Gasteiger partial charge in [-0.3, -0.25) is 14.4 Å². The molecular formula is C24H43N3O5S2. The van der Waals surface area contributed by atoms with Crippen molar-refractivity contribution in [2.24, 2.45) is 11.8 Å². The quantitative estimate of drug-likeness (QED) is 0.185. The van der Waals surface area contributed by atoms with Gasteiger partial charge in [0.15, 0.2) is 0 Å². The fourth-order valence-corrected chi connectivity index (χ4v) is 6.47. The minimum atomic E-state index is -3.64. The number of unbranched alkanes of at least 4 members (excludes halogenated alkanes) is 5. The second kappa shape index (κ2) is 15.1. The van der Waals surface area contributed by atoms with Crippen LogP contribution in [0, 0.1) is 11.8 Å². The fourth-order valence-electron chi connectivity index (χ4n) is 4.96. The molecule has 10 heteroatoms. The van der Waals surface area contributed by atoms with Gasteiger partial charge in [0.1, 0.15) is 6.04 Å². The van der Waals surface area contributed by atoms with E-state index in [9.17, 15) is 22.8 Å². The number of thiol groups is 1. The minimum Gasteiger partial charge on any atom is -0.356 e. The Kier molecular flexibility index (Phi) is 12.9. The topological polar surface area (TPSA) is 121 Å². The Hall–Kier alpha value is -1.13. The molecule has 34 heavy (non-hydrogen) atoms. The van der Waals surface area contributed by atoms with E-state index >= 15 is 0 Å². The molecule has 2 amide bonds. The predicted molar refractivity (Wildman–Crippen MR) is 137 cm³/mol. The summed E-state index contributed by atoms with van der Waals surface area (Å²) in [5.41, 5.74) is 0. The second-order valence-corrected chi connectivity index (χ2v) is 12.2. The van der Waals surface area contributed by atoms with Crippen molar-refractivity contribution in [2.45, 2.75) is 109 Å². The lowest BCUT2D eigenvalue weighted by atomic mass is 9.85. The summed E-state index contributed by atoms with van der Waals surface area (Å²) < 4.78 is 28.2. The van der Waals surface area contributed by atoms with Crippen LogP contribution in [0.1, 0.15) is 96.8 Å². The van der Waals surface area contributed by atoms with Gasteiger partial charge in [-0.2, -0.15) is 0 Å². The predicted octanol–water partition coefficient (Wildman–Crippen LogP) is 3.07. The molecule has 1 heterocycles. The summed E-state index contributed by atoms with van der Waals surface area (Å²) in [6.07, 6.45) is 12.3. The first kappa shape index (κ1) is 29.1. The number of rotatable bonds is 16. The van der Waals surface area contributed by atoms with E-state index < -0.39 is 33.1 Å². The van der Waals surface area contributed by atoms with Gasteiger partial charge in [-0.25, -0.2) is 13.1 Å². The van der Waals surface area contributed by atoms with Crippen molar-refractivity contribution in [1.82, 2.24) is 15.4 Å². The normalized spacial score (nSPS) is 21.1. The molecule has 2 rings (SSSR count). The van der Waals surface area contributed by atoms with Crippen molar-refractivity contribution in [3.63, 3.8) is 0 Å². The van der Waals surface area contributed by atoms with Gasteiger partial charge in [0.05, 0.1) is 11.8 Å². The van der Waals surface area contributed by atoms with Gasteiger partial charge in [-0.15, -0.1) is 12.6 Å². The Labute approximate surface area is 210 Å². The number of hydrogen-bond donors (Lipinski definition) is 4. The van der Waals surface area contributed by atoms with Crippen molar-refractivity contribution >= 4 is 39.6 Å². The summed E-state index contributed by atoms with van der Waals surface area (Å²) in [6.45, 7) is 2.69. The van der Waals surface area contributed by atoms with Crippen LogP contribution in [0.25, 0.3) is 0 Å². The second-order valence-electron chi connectivity index (χ2n) is 9.91. The van der Waals surface area contributed by atoms with Crippen LogP contribution in [0.3, 0.4) is 0 Å². The van der Waals surface area contributed by atoms with E-state index in [4.69, 9.17) is 0 Å². The molecule has 1 saturated heterocycles. The van der Waals surface area contributed by atoms with Crippen molar-refractivity contribution in [1.29, 1.82) is 0 Å². The van der Waals surface area contributed by atoms with Crippen LogP contribution in [-0.4, -0.2) is 49.7 Å². The van der Waals surface area contributed by atoms with Crippen molar-refractivity contribution in [3.05, 3.63) is 0 Å². The van der Waals surface area contributed by atoms with Crippen LogP contribution < -0.4 is 15.4 Å². The molecule has 2 aliphatic rings. The molecule has 1 aliphatic heterocycles. The van der Waals surface area contributed by atoms with Crippen LogP contribution >= 0.6 is 12.6 Å². The summed E-state index contributed by atoms with van der Waals surface area (Å²) in [7, 11) is -3.64. The average Bonchev–Trinajstić information content (AvgIpc) is 3.20. The highest BCUT2D eigenvalue weighted by atomic mass is 32.2. The van der Waals surface area contributed by atoms with Crippen LogP contribution in [-0.2, 0) is 24.4 Å². The summed E-state index contributed by atoms with van der Waals surface area (Å²) in [6, 6.07) is -1.86. The highest BCUT2D eigenvalue weighted by molar-refractivity contribution is 7.96. The molecule has 0 unspecified atom stereocenters. The molecule has 1 saturated carbocycles. The standard InChI is InChI=1S/C24H43N3O5S2/c1-2-3-4-5-6-10-15-34(31,32)27-20(16-18-11-8-7-9-12-18)23(29)26-21(24(30)33)17-19-13-14-25-22(19)28/h18-21,27H,2-17H2,1H3,(H,25,28)(H,26,29)(H,30,33)/t19-,20-,21-/m0/s1. The van der Waals surface area contributed by atoms with Gasteiger partial charge in [0.25, 0.3) is 0 Å². The molecule has 3 N–H and O–H groups in total. The third-order valence-electron chi connectivity index (χ3n) is 7.00. The summed E-state index contributed by atoms with van der Waals surface area (Å²) >= 11 is 3.91. The Morgan fingerprint density at radius 3 is 2.29 bits per heavy atom. The maximum Gasteiger partial charge on any atom is 0.238 e. The van der Waals surface area contributed by atoms with Crippen molar-refractivity contribution < 1.29 is 22.8 Å². The molecule has 2 fully saturated rings. The number of carbonyl (C=O) groups excluding carboxylic acids is 3. The zero-order chi connectivity index (χ0) is 25.0. The molecule has 0 spiro atoms. The largest absolute Gasteiger partial charge is 0.356 e. The molecule has 0 bridgehead atoms. The van der Waals surface area contributed by atoms with E-state index in [-0.39, 0.29) is 29.9 Å². The van der Waals surface area contributed by atoms with E-state index in [2.05, 4.69) is 34.9 Å². The van der Waals surface area contributed by atoms with E-state index in [1.165, 1.54) is 0 Å². The lowest BCUT2D eigenvalue weighted by molar-refractivity contribution is -0.128. The maximum atomic E-state index is 13.2. The molecule has 0 aromatic heterocycles. The zero-order valence-corrected chi connectivity index (χ0v) is 22.2. The van der Waals surface area contributed by atoms with Crippen LogP contribution in [0.5, 0.6) is 0 Å². The van der Waals surface area contributed by atoms with Crippen molar-refractivity contribution in [3.8, 4) is 0 Å². The highest BCUT2D eigenvalue weighted by Crippen LogP contribution is 2.28. The first-order chi connectivity index (χ1) is 16.2.